The molecule has 0 atom stereocenters. The van der Waals surface area contributed by atoms with Crippen LogP contribution in [-0.4, -0.2) is 10.2 Å². The lowest BCUT2D eigenvalue weighted by atomic mass is 9.89. The van der Waals surface area contributed by atoms with Gasteiger partial charge in [0.25, 0.3) is 0 Å². The van der Waals surface area contributed by atoms with Crippen molar-refractivity contribution in [2.75, 3.05) is 0 Å². The van der Waals surface area contributed by atoms with Crippen molar-refractivity contribution in [3.05, 3.63) is 23.3 Å². The number of hydrogen-bond acceptors (Lipinski definition) is 2. The second-order valence-corrected chi connectivity index (χ2v) is 10.1. The van der Waals surface area contributed by atoms with Gasteiger partial charge in [0.2, 0.25) is 0 Å². The van der Waals surface area contributed by atoms with E-state index in [0.29, 0.717) is 22.3 Å². The Morgan fingerprint density at radius 3 is 1.92 bits per heavy atom. The maximum Gasteiger partial charge on any atom is 0.122 e. The van der Waals surface area contributed by atoms with Crippen LogP contribution in [0.15, 0.2) is 12.1 Å². The van der Waals surface area contributed by atoms with E-state index >= 15 is 0 Å². The average Bonchev–Trinajstić information content (AvgIpc) is 3.27. The van der Waals surface area contributed by atoms with Gasteiger partial charge in [0.15, 0.2) is 0 Å². The third-order valence-electron chi connectivity index (χ3n) is 5.96. The molecule has 2 rings (SSSR count). The van der Waals surface area contributed by atoms with Gasteiger partial charge in [-0.25, -0.2) is 0 Å². The minimum Gasteiger partial charge on any atom is -0.508 e. The van der Waals surface area contributed by atoms with Crippen LogP contribution in [0.4, 0.5) is 0 Å². The molecule has 0 bridgehead atoms. The van der Waals surface area contributed by atoms with E-state index in [1.807, 2.05) is 0 Å². The van der Waals surface area contributed by atoms with E-state index in [1.54, 1.807) is 12.1 Å². The van der Waals surface area contributed by atoms with Crippen LogP contribution in [0.3, 0.4) is 0 Å². The summed E-state index contributed by atoms with van der Waals surface area (Å²) < 4.78 is 0. The fourth-order valence-corrected chi connectivity index (χ4v) is 3.78. The molecular weight excluding hydrogens is 320 g/mol. The highest BCUT2D eigenvalue weighted by Crippen LogP contribution is 2.49. The van der Waals surface area contributed by atoms with E-state index in [4.69, 9.17) is 0 Å². The average molecular weight is 361 g/mol. The monoisotopic (exact) mass is 360 g/mol. The Morgan fingerprint density at radius 1 is 0.846 bits per heavy atom. The Hall–Kier alpha value is -1.18. The first-order chi connectivity index (χ1) is 12.2. The molecular formula is C24H40O2. The Bertz CT molecular complexity index is 564. The first-order valence-corrected chi connectivity index (χ1v) is 10.7. The van der Waals surface area contributed by atoms with Gasteiger partial charge in [-0.15, -0.1) is 0 Å². The van der Waals surface area contributed by atoms with Gasteiger partial charge < -0.3 is 10.2 Å². The van der Waals surface area contributed by atoms with Crippen LogP contribution < -0.4 is 0 Å². The van der Waals surface area contributed by atoms with Crippen LogP contribution in [0.1, 0.15) is 103 Å². The second-order valence-electron chi connectivity index (χ2n) is 10.1. The van der Waals surface area contributed by atoms with Gasteiger partial charge in [0, 0.05) is 0 Å². The number of hydrogen-bond donors (Lipinski definition) is 2. The summed E-state index contributed by atoms with van der Waals surface area (Å²) in [6, 6.07) is 3.50. The molecule has 1 fully saturated rings. The topological polar surface area (TPSA) is 40.5 Å². The molecule has 2 N–H and O–H groups in total. The first-order valence-electron chi connectivity index (χ1n) is 10.7. The summed E-state index contributed by atoms with van der Waals surface area (Å²) in [4.78, 5) is 0. The molecule has 2 heteroatoms. The van der Waals surface area contributed by atoms with E-state index in [0.717, 1.165) is 36.8 Å². The Labute approximate surface area is 161 Å². The second kappa shape index (κ2) is 9.15. The van der Waals surface area contributed by atoms with Crippen molar-refractivity contribution < 1.29 is 10.2 Å². The van der Waals surface area contributed by atoms with Crippen molar-refractivity contribution >= 4 is 0 Å². The van der Waals surface area contributed by atoms with Crippen LogP contribution in [0.5, 0.6) is 11.5 Å². The third-order valence-corrected chi connectivity index (χ3v) is 5.96. The summed E-state index contributed by atoms with van der Waals surface area (Å²) in [7, 11) is 0. The van der Waals surface area contributed by atoms with E-state index in [1.165, 1.54) is 51.4 Å². The highest BCUT2D eigenvalue weighted by atomic mass is 16.3. The van der Waals surface area contributed by atoms with Crippen molar-refractivity contribution in [1.29, 1.82) is 0 Å². The highest BCUT2D eigenvalue weighted by molar-refractivity contribution is 5.46. The zero-order valence-electron chi connectivity index (χ0n) is 17.5. The van der Waals surface area contributed by atoms with Crippen LogP contribution >= 0.6 is 0 Å². The molecule has 2 nitrogen and oxygen atoms in total. The molecule has 1 aromatic rings. The van der Waals surface area contributed by atoms with E-state index in [9.17, 15) is 10.2 Å². The molecule has 0 spiro atoms. The summed E-state index contributed by atoms with van der Waals surface area (Å²) in [5, 5.41) is 20.6. The van der Waals surface area contributed by atoms with Gasteiger partial charge in [0.05, 0.1) is 0 Å². The summed E-state index contributed by atoms with van der Waals surface area (Å²) in [5.41, 5.74) is 2.88. The molecule has 0 aliphatic heterocycles. The Kier molecular flexibility index (Phi) is 7.43. The molecule has 26 heavy (non-hydrogen) atoms. The first kappa shape index (κ1) is 21.1. The maximum atomic E-state index is 10.6. The van der Waals surface area contributed by atoms with Crippen LogP contribution in [-0.2, 0) is 12.8 Å². The van der Waals surface area contributed by atoms with Gasteiger partial charge >= 0.3 is 0 Å². The van der Waals surface area contributed by atoms with E-state index in [-0.39, 0.29) is 0 Å². The molecule has 1 aliphatic carbocycles. The van der Waals surface area contributed by atoms with Gasteiger partial charge in [-0.1, -0.05) is 53.4 Å². The zero-order valence-corrected chi connectivity index (χ0v) is 17.5. The lowest BCUT2D eigenvalue weighted by Gasteiger charge is -2.17. The number of phenols is 2. The van der Waals surface area contributed by atoms with Crippen molar-refractivity contribution in [2.24, 2.45) is 10.8 Å². The number of unbranched alkanes of at least 4 members (excludes halogenated alkanes) is 4. The summed E-state index contributed by atoms with van der Waals surface area (Å²) in [5.74, 6) is 0.727. The van der Waals surface area contributed by atoms with Crippen molar-refractivity contribution in [2.45, 2.75) is 105 Å². The number of phenolic OH excluding ortho intramolecular Hbond substituents is 2. The highest BCUT2D eigenvalue weighted by Gasteiger charge is 2.35. The Morgan fingerprint density at radius 2 is 1.38 bits per heavy atom. The quantitative estimate of drug-likeness (QED) is 0.325. The van der Waals surface area contributed by atoms with Crippen LogP contribution in [0.2, 0.25) is 0 Å². The molecule has 1 saturated carbocycles. The third kappa shape index (κ3) is 7.60. The van der Waals surface area contributed by atoms with E-state index in [2.05, 4.69) is 27.7 Å². The molecule has 0 amide bonds. The van der Waals surface area contributed by atoms with Gasteiger partial charge in [-0.3, -0.25) is 0 Å². The molecule has 0 unspecified atom stereocenters. The minimum absolute atomic E-state index is 0.301. The standard InChI is InChI=1S/C24H40O2/c1-23(2,3)13-9-6-5-7-11-19-17-21(25)18-20(22(19)26)12-8-10-14-24(4)15-16-24/h17-18,25-26H,5-16H2,1-4H3. The van der Waals surface area contributed by atoms with Crippen molar-refractivity contribution in [3.8, 4) is 11.5 Å². The molecule has 148 valence electrons. The fraction of sp³-hybridized carbons (Fsp3) is 0.750. The lowest BCUT2D eigenvalue weighted by Crippen LogP contribution is -2.03. The van der Waals surface area contributed by atoms with Crippen LogP contribution in [0.25, 0.3) is 0 Å². The lowest BCUT2D eigenvalue weighted by molar-refractivity contribution is 0.357. The van der Waals surface area contributed by atoms with Gasteiger partial charge in [-0.05, 0) is 85.5 Å². The van der Waals surface area contributed by atoms with Gasteiger partial charge in [0.1, 0.15) is 11.5 Å². The molecule has 1 aliphatic rings. The van der Waals surface area contributed by atoms with Crippen LogP contribution in [0, 0.1) is 10.8 Å². The minimum atomic E-state index is 0.301. The molecule has 0 aromatic heterocycles. The molecule has 0 radical (unpaired) electrons. The smallest absolute Gasteiger partial charge is 0.122 e. The van der Waals surface area contributed by atoms with Gasteiger partial charge in [-0.2, -0.15) is 0 Å². The predicted molar refractivity (Wildman–Crippen MR) is 111 cm³/mol. The summed E-state index contributed by atoms with van der Waals surface area (Å²) >= 11 is 0. The number of aromatic hydroxyl groups is 2. The molecule has 0 heterocycles. The van der Waals surface area contributed by atoms with Crippen molar-refractivity contribution in [1.82, 2.24) is 0 Å². The van der Waals surface area contributed by atoms with E-state index < -0.39 is 0 Å². The predicted octanol–water partition coefficient (Wildman–Crippen LogP) is 7.15. The maximum absolute atomic E-state index is 10.6. The van der Waals surface area contributed by atoms with Crippen molar-refractivity contribution in [3.63, 3.8) is 0 Å². The largest absolute Gasteiger partial charge is 0.508 e. The summed E-state index contributed by atoms with van der Waals surface area (Å²) in [6.45, 7) is 9.26. The SMILES string of the molecule is CC(C)(C)CCCCCCc1cc(O)cc(CCCCC2(C)CC2)c1O. The Balaban J connectivity index is 1.74. The zero-order chi connectivity index (χ0) is 19.2. The fourth-order valence-electron chi connectivity index (χ4n) is 3.78. The molecule has 1 aromatic carbocycles. The number of rotatable bonds is 11. The number of benzene rings is 1. The summed E-state index contributed by atoms with van der Waals surface area (Å²) in [6.07, 6.45) is 14.2. The number of aryl methyl sites for hydroxylation is 2. The normalized spacial score (nSPS) is 16.0. The molecule has 0 saturated heterocycles.